The van der Waals surface area contributed by atoms with Gasteiger partial charge in [0, 0.05) is 23.2 Å². The molecular formula is C14H21ClN2O2. The van der Waals surface area contributed by atoms with Crippen LogP contribution in [0, 0.1) is 0 Å². The minimum Gasteiger partial charge on any atom is -0.423 e. The number of rotatable bonds is 3. The smallest absolute Gasteiger partial charge is 0.409 e. The lowest BCUT2D eigenvalue weighted by Crippen LogP contribution is -2.43. The van der Waals surface area contributed by atoms with E-state index in [-0.39, 0.29) is 5.54 Å². The van der Waals surface area contributed by atoms with Gasteiger partial charge in [-0.2, -0.15) is 0 Å². The van der Waals surface area contributed by atoms with Gasteiger partial charge in [0.05, 0.1) is 0 Å². The number of alkyl carbamates (subject to hydrolysis) is 1. The second kappa shape index (κ2) is 5.70. The minimum absolute atomic E-state index is 0.371. The number of anilines is 1. The number of hydrogen-bond donors (Lipinski definition) is 2. The van der Waals surface area contributed by atoms with Crippen molar-refractivity contribution in [3.8, 4) is 0 Å². The Labute approximate surface area is 119 Å². The first-order valence-corrected chi connectivity index (χ1v) is 6.60. The van der Waals surface area contributed by atoms with Crippen molar-refractivity contribution in [2.45, 2.75) is 44.7 Å². The Balaban J connectivity index is 2.86. The Morgan fingerprint density at radius 2 is 1.84 bits per heavy atom. The van der Waals surface area contributed by atoms with Gasteiger partial charge in [-0.25, -0.2) is 4.79 Å². The molecule has 0 saturated carbocycles. The summed E-state index contributed by atoms with van der Waals surface area (Å²) in [5.41, 5.74) is 6.60. The van der Waals surface area contributed by atoms with Crippen LogP contribution in [0.1, 0.15) is 39.7 Å². The quantitative estimate of drug-likeness (QED) is 0.658. The molecule has 1 rings (SSSR count). The third-order valence-corrected chi connectivity index (χ3v) is 3.09. The molecule has 5 heteroatoms. The zero-order valence-corrected chi connectivity index (χ0v) is 12.5. The summed E-state index contributed by atoms with van der Waals surface area (Å²) in [6.07, 6.45) is -0.0862. The summed E-state index contributed by atoms with van der Waals surface area (Å²) in [7, 11) is 0. The lowest BCUT2D eigenvalue weighted by molar-refractivity contribution is 0.0614. The van der Waals surface area contributed by atoms with Crippen LogP contribution in [0.2, 0.25) is 0 Å². The SMILES string of the molecule is CCC(Cl)(OC(=O)NC(C)(C)C)c1ccc(N)cc1. The van der Waals surface area contributed by atoms with Gasteiger partial charge in [-0.15, -0.1) is 0 Å². The number of hydrogen-bond acceptors (Lipinski definition) is 3. The molecule has 3 N–H and O–H groups in total. The Hall–Kier alpha value is -1.42. The first kappa shape index (κ1) is 15.6. The van der Waals surface area contributed by atoms with Gasteiger partial charge in [-0.3, -0.25) is 0 Å². The summed E-state index contributed by atoms with van der Waals surface area (Å²) in [6.45, 7) is 7.48. The molecule has 0 aliphatic rings. The number of carbonyl (C=O) groups is 1. The monoisotopic (exact) mass is 284 g/mol. The van der Waals surface area contributed by atoms with E-state index in [1.807, 2.05) is 27.7 Å². The number of benzene rings is 1. The number of nitrogens with two attached hydrogens (primary N) is 1. The van der Waals surface area contributed by atoms with Crippen molar-refractivity contribution < 1.29 is 9.53 Å². The fraction of sp³-hybridized carbons (Fsp3) is 0.500. The first-order chi connectivity index (χ1) is 8.66. The average molecular weight is 285 g/mol. The molecule has 0 aromatic heterocycles. The molecular weight excluding hydrogens is 264 g/mol. The van der Waals surface area contributed by atoms with Crippen LogP contribution >= 0.6 is 11.6 Å². The van der Waals surface area contributed by atoms with Crippen molar-refractivity contribution in [2.75, 3.05) is 5.73 Å². The van der Waals surface area contributed by atoms with Gasteiger partial charge >= 0.3 is 6.09 Å². The standard InChI is InChI=1S/C14H21ClN2O2/c1-5-14(15,10-6-8-11(16)9-7-10)19-12(18)17-13(2,3)4/h6-9H,5,16H2,1-4H3,(H,17,18). The molecule has 0 bridgehead atoms. The first-order valence-electron chi connectivity index (χ1n) is 6.22. The van der Waals surface area contributed by atoms with Gasteiger partial charge in [-0.1, -0.05) is 30.7 Å². The Kier molecular flexibility index (Phi) is 4.69. The molecule has 0 aliphatic heterocycles. The maximum atomic E-state index is 11.8. The van der Waals surface area contributed by atoms with Gasteiger partial charge in [-0.05, 0) is 32.9 Å². The molecule has 1 aromatic carbocycles. The number of alkyl halides is 1. The topological polar surface area (TPSA) is 64.3 Å². The number of carbonyl (C=O) groups excluding carboxylic acids is 1. The zero-order valence-electron chi connectivity index (χ0n) is 11.8. The fourth-order valence-electron chi connectivity index (χ4n) is 1.55. The molecule has 1 amide bonds. The second-order valence-corrected chi connectivity index (χ2v) is 6.08. The van der Waals surface area contributed by atoms with Crippen molar-refractivity contribution in [3.63, 3.8) is 0 Å². The van der Waals surface area contributed by atoms with Crippen molar-refractivity contribution in [2.24, 2.45) is 0 Å². The Morgan fingerprint density at radius 3 is 2.26 bits per heavy atom. The lowest BCUT2D eigenvalue weighted by atomic mass is 10.1. The van der Waals surface area contributed by atoms with Crippen molar-refractivity contribution in [1.29, 1.82) is 0 Å². The van der Waals surface area contributed by atoms with Crippen LogP contribution in [-0.4, -0.2) is 11.6 Å². The molecule has 1 aromatic rings. The maximum Gasteiger partial charge on any atom is 0.409 e. The fourth-order valence-corrected chi connectivity index (χ4v) is 1.74. The van der Waals surface area contributed by atoms with E-state index >= 15 is 0 Å². The Morgan fingerprint density at radius 1 is 1.32 bits per heavy atom. The summed E-state index contributed by atoms with van der Waals surface area (Å²) in [5.74, 6) is 0. The molecule has 0 saturated heterocycles. The normalized spacial score (nSPS) is 14.6. The van der Waals surface area contributed by atoms with Crippen molar-refractivity contribution >= 4 is 23.4 Å². The van der Waals surface area contributed by atoms with Gasteiger partial charge in [0.2, 0.25) is 5.06 Å². The largest absolute Gasteiger partial charge is 0.423 e. The van der Waals surface area contributed by atoms with Crippen LogP contribution in [0.5, 0.6) is 0 Å². The molecule has 0 heterocycles. The minimum atomic E-state index is -1.18. The van der Waals surface area contributed by atoms with Gasteiger partial charge in [0.25, 0.3) is 0 Å². The van der Waals surface area contributed by atoms with E-state index in [0.29, 0.717) is 17.7 Å². The van der Waals surface area contributed by atoms with E-state index < -0.39 is 11.2 Å². The average Bonchev–Trinajstić information content (AvgIpc) is 2.26. The number of ether oxygens (including phenoxy) is 1. The van der Waals surface area contributed by atoms with Crippen LogP contribution in [-0.2, 0) is 9.80 Å². The summed E-state index contributed by atoms with van der Waals surface area (Å²) >= 11 is 6.40. The van der Waals surface area contributed by atoms with E-state index in [4.69, 9.17) is 22.1 Å². The molecule has 0 spiro atoms. The molecule has 106 valence electrons. The van der Waals surface area contributed by atoms with Crippen LogP contribution in [0.25, 0.3) is 0 Å². The molecule has 4 nitrogen and oxygen atoms in total. The van der Waals surface area contributed by atoms with Gasteiger partial charge in [0.15, 0.2) is 0 Å². The Bertz CT molecular complexity index is 440. The third kappa shape index (κ3) is 4.63. The molecule has 19 heavy (non-hydrogen) atoms. The van der Waals surface area contributed by atoms with E-state index in [2.05, 4.69) is 5.32 Å². The summed E-state index contributed by atoms with van der Waals surface area (Å²) < 4.78 is 5.36. The highest BCUT2D eigenvalue weighted by Crippen LogP contribution is 2.34. The van der Waals surface area contributed by atoms with Crippen LogP contribution in [0.4, 0.5) is 10.5 Å². The van der Waals surface area contributed by atoms with Crippen LogP contribution < -0.4 is 11.1 Å². The molecule has 0 fully saturated rings. The molecule has 0 aliphatic carbocycles. The van der Waals surface area contributed by atoms with Crippen molar-refractivity contribution in [1.82, 2.24) is 5.32 Å². The van der Waals surface area contributed by atoms with Gasteiger partial charge in [0.1, 0.15) is 0 Å². The maximum absolute atomic E-state index is 11.8. The molecule has 0 radical (unpaired) electrons. The number of amides is 1. The van der Waals surface area contributed by atoms with E-state index in [1.165, 1.54) is 0 Å². The molecule has 1 unspecified atom stereocenters. The predicted molar refractivity (Wildman–Crippen MR) is 78.0 cm³/mol. The number of nitrogens with one attached hydrogen (secondary N) is 1. The molecule has 1 atom stereocenters. The number of halogens is 1. The van der Waals surface area contributed by atoms with Gasteiger partial charge < -0.3 is 15.8 Å². The second-order valence-electron chi connectivity index (χ2n) is 5.47. The third-order valence-electron chi connectivity index (χ3n) is 2.53. The van der Waals surface area contributed by atoms with E-state index in [0.717, 1.165) is 0 Å². The van der Waals surface area contributed by atoms with Crippen LogP contribution in [0.3, 0.4) is 0 Å². The highest BCUT2D eigenvalue weighted by molar-refractivity contribution is 6.23. The summed E-state index contributed by atoms with van der Waals surface area (Å²) in [5, 5.41) is 1.54. The number of nitrogen functional groups attached to an aromatic ring is 1. The van der Waals surface area contributed by atoms with Crippen LogP contribution in [0.15, 0.2) is 24.3 Å². The summed E-state index contributed by atoms with van der Waals surface area (Å²) in [6, 6.07) is 6.98. The lowest BCUT2D eigenvalue weighted by Gasteiger charge is -2.29. The highest BCUT2D eigenvalue weighted by atomic mass is 35.5. The highest BCUT2D eigenvalue weighted by Gasteiger charge is 2.33. The van der Waals surface area contributed by atoms with Crippen molar-refractivity contribution in [3.05, 3.63) is 29.8 Å². The summed E-state index contributed by atoms with van der Waals surface area (Å²) in [4.78, 5) is 11.8. The van der Waals surface area contributed by atoms with E-state index in [9.17, 15) is 4.79 Å². The predicted octanol–water partition coefficient (Wildman–Crippen LogP) is 3.60. The zero-order chi connectivity index (χ0) is 14.7. The van der Waals surface area contributed by atoms with E-state index in [1.54, 1.807) is 24.3 Å².